The van der Waals surface area contributed by atoms with Crippen LogP contribution < -0.4 is 5.32 Å². The van der Waals surface area contributed by atoms with E-state index in [-0.39, 0.29) is 11.2 Å². The lowest BCUT2D eigenvalue weighted by Gasteiger charge is -2.13. The minimum absolute atomic E-state index is 0.0591. The van der Waals surface area contributed by atoms with Crippen LogP contribution in [0.1, 0.15) is 36.8 Å². The maximum Gasteiger partial charge on any atom is 0.239 e. The SMILES string of the molecule is CCC(Sc1nnnn1-c1ccccc1)C(=O)Nc1nc2c(s1)CCCC2. The quantitative estimate of drug-likeness (QED) is 0.637. The zero-order chi connectivity index (χ0) is 18.6. The molecule has 0 spiro atoms. The van der Waals surface area contributed by atoms with E-state index in [4.69, 9.17) is 0 Å². The van der Waals surface area contributed by atoms with E-state index < -0.39 is 0 Å². The first-order chi connectivity index (χ1) is 13.2. The molecule has 3 aromatic rings. The maximum absolute atomic E-state index is 12.8. The Kier molecular flexibility index (Phi) is 5.49. The number of hydrogen-bond donors (Lipinski definition) is 1. The molecule has 0 saturated heterocycles. The van der Waals surface area contributed by atoms with Crippen molar-refractivity contribution >= 4 is 34.1 Å². The molecule has 4 rings (SSSR count). The first-order valence-corrected chi connectivity index (χ1v) is 10.7. The Morgan fingerprint density at radius 1 is 1.30 bits per heavy atom. The van der Waals surface area contributed by atoms with Crippen molar-refractivity contribution in [1.82, 2.24) is 25.2 Å². The van der Waals surface area contributed by atoms with Crippen LogP contribution in [0.15, 0.2) is 35.5 Å². The van der Waals surface area contributed by atoms with Crippen molar-refractivity contribution in [2.24, 2.45) is 0 Å². The van der Waals surface area contributed by atoms with Crippen molar-refractivity contribution < 1.29 is 4.79 Å². The van der Waals surface area contributed by atoms with Gasteiger partial charge in [0, 0.05) is 4.88 Å². The van der Waals surface area contributed by atoms with Gasteiger partial charge in [-0.25, -0.2) is 4.98 Å². The minimum Gasteiger partial charge on any atom is -0.301 e. The number of tetrazole rings is 1. The van der Waals surface area contributed by atoms with E-state index >= 15 is 0 Å². The van der Waals surface area contributed by atoms with Crippen LogP contribution in [-0.2, 0) is 17.6 Å². The molecular formula is C18H20N6OS2. The van der Waals surface area contributed by atoms with Gasteiger partial charge in [-0.3, -0.25) is 4.79 Å². The van der Waals surface area contributed by atoms with Crippen LogP contribution in [0.3, 0.4) is 0 Å². The van der Waals surface area contributed by atoms with Gasteiger partial charge in [0.15, 0.2) is 5.13 Å². The molecule has 0 fully saturated rings. The fraction of sp³-hybridized carbons (Fsp3) is 0.389. The zero-order valence-electron chi connectivity index (χ0n) is 15.0. The summed E-state index contributed by atoms with van der Waals surface area (Å²) in [6.07, 6.45) is 5.14. The summed E-state index contributed by atoms with van der Waals surface area (Å²) >= 11 is 2.97. The fourth-order valence-corrected chi connectivity index (χ4v) is 4.99. The van der Waals surface area contributed by atoms with Gasteiger partial charge in [-0.1, -0.05) is 36.9 Å². The van der Waals surface area contributed by atoms with E-state index in [1.165, 1.54) is 29.5 Å². The molecule has 1 aliphatic rings. The summed E-state index contributed by atoms with van der Waals surface area (Å²) in [4.78, 5) is 18.7. The summed E-state index contributed by atoms with van der Waals surface area (Å²) in [6, 6.07) is 9.67. The molecule has 1 N–H and O–H groups in total. The Bertz CT molecular complexity index is 900. The first-order valence-electron chi connectivity index (χ1n) is 9.04. The highest BCUT2D eigenvalue weighted by molar-refractivity contribution is 8.00. The Morgan fingerprint density at radius 2 is 2.11 bits per heavy atom. The zero-order valence-corrected chi connectivity index (χ0v) is 16.6. The first kappa shape index (κ1) is 18.1. The average Bonchev–Trinajstić information content (AvgIpc) is 3.32. The summed E-state index contributed by atoms with van der Waals surface area (Å²) in [6.45, 7) is 1.99. The van der Waals surface area contributed by atoms with Crippen LogP contribution in [0.2, 0.25) is 0 Å². The number of para-hydroxylation sites is 1. The van der Waals surface area contributed by atoms with Crippen LogP contribution in [0.5, 0.6) is 0 Å². The number of aromatic nitrogens is 5. The van der Waals surface area contributed by atoms with E-state index in [0.717, 1.165) is 24.2 Å². The summed E-state index contributed by atoms with van der Waals surface area (Å²) < 4.78 is 1.66. The van der Waals surface area contributed by atoms with E-state index in [0.29, 0.717) is 16.7 Å². The Hall–Kier alpha value is -2.26. The van der Waals surface area contributed by atoms with Crippen molar-refractivity contribution in [2.45, 2.75) is 49.4 Å². The van der Waals surface area contributed by atoms with Gasteiger partial charge in [0.25, 0.3) is 0 Å². The third-order valence-electron chi connectivity index (χ3n) is 4.43. The highest BCUT2D eigenvalue weighted by Crippen LogP contribution is 2.31. The van der Waals surface area contributed by atoms with Crippen LogP contribution in [0.4, 0.5) is 5.13 Å². The van der Waals surface area contributed by atoms with Crippen molar-refractivity contribution in [3.8, 4) is 5.69 Å². The molecule has 1 amide bonds. The van der Waals surface area contributed by atoms with E-state index in [2.05, 4.69) is 25.8 Å². The average molecular weight is 401 g/mol. The number of nitrogens with one attached hydrogen (secondary N) is 1. The lowest BCUT2D eigenvalue weighted by Crippen LogP contribution is -2.25. The van der Waals surface area contributed by atoms with Crippen molar-refractivity contribution in [2.75, 3.05) is 5.32 Å². The number of carbonyl (C=O) groups is 1. The van der Waals surface area contributed by atoms with Crippen LogP contribution >= 0.6 is 23.1 Å². The lowest BCUT2D eigenvalue weighted by atomic mass is 10.0. The van der Waals surface area contributed by atoms with Gasteiger partial charge in [-0.05, 0) is 54.7 Å². The summed E-state index contributed by atoms with van der Waals surface area (Å²) in [5.74, 6) is -0.0591. The smallest absolute Gasteiger partial charge is 0.239 e. The molecule has 1 aliphatic carbocycles. The molecule has 0 aliphatic heterocycles. The number of hydrogen-bond acceptors (Lipinski definition) is 7. The third-order valence-corrected chi connectivity index (χ3v) is 6.80. The van der Waals surface area contributed by atoms with E-state index in [1.807, 2.05) is 37.3 Å². The molecule has 0 saturated carbocycles. The topological polar surface area (TPSA) is 85.6 Å². The molecular weight excluding hydrogens is 380 g/mol. The van der Waals surface area contributed by atoms with Crippen LogP contribution in [-0.4, -0.2) is 36.3 Å². The Morgan fingerprint density at radius 3 is 2.89 bits per heavy atom. The number of carbonyl (C=O) groups excluding carboxylic acids is 1. The number of nitrogens with zero attached hydrogens (tertiary/aromatic N) is 5. The number of rotatable bonds is 6. The molecule has 0 bridgehead atoms. The van der Waals surface area contributed by atoms with Gasteiger partial charge < -0.3 is 5.32 Å². The molecule has 1 atom stereocenters. The normalized spacial score (nSPS) is 14.6. The van der Waals surface area contributed by atoms with Gasteiger partial charge in [-0.2, -0.15) is 4.68 Å². The number of thiazole rings is 1. The second kappa shape index (κ2) is 8.18. The summed E-state index contributed by atoms with van der Waals surface area (Å²) in [5, 5.41) is 15.9. The molecule has 27 heavy (non-hydrogen) atoms. The maximum atomic E-state index is 12.8. The van der Waals surface area contributed by atoms with Crippen LogP contribution in [0.25, 0.3) is 5.69 Å². The number of fused-ring (bicyclic) bond motifs is 1. The monoisotopic (exact) mass is 400 g/mol. The lowest BCUT2D eigenvalue weighted by molar-refractivity contribution is -0.115. The van der Waals surface area contributed by atoms with Gasteiger partial charge >= 0.3 is 0 Å². The highest BCUT2D eigenvalue weighted by atomic mass is 32.2. The number of anilines is 1. The van der Waals surface area contributed by atoms with Crippen LogP contribution in [0, 0.1) is 0 Å². The number of aryl methyl sites for hydroxylation is 2. The van der Waals surface area contributed by atoms with Crippen molar-refractivity contribution in [1.29, 1.82) is 0 Å². The molecule has 7 nitrogen and oxygen atoms in total. The molecule has 9 heteroatoms. The Balaban J connectivity index is 1.47. The third kappa shape index (κ3) is 4.03. The molecule has 1 unspecified atom stereocenters. The predicted octanol–water partition coefficient (Wildman–Crippen LogP) is 3.51. The molecule has 2 aromatic heterocycles. The molecule has 0 radical (unpaired) electrons. The summed E-state index contributed by atoms with van der Waals surface area (Å²) in [7, 11) is 0. The van der Waals surface area contributed by atoms with Gasteiger partial charge in [0.2, 0.25) is 11.1 Å². The molecule has 1 aromatic carbocycles. The van der Waals surface area contributed by atoms with Crippen molar-refractivity contribution in [3.63, 3.8) is 0 Å². The fourth-order valence-electron chi connectivity index (χ4n) is 3.02. The predicted molar refractivity (Wildman–Crippen MR) is 106 cm³/mol. The Labute approximate surface area is 165 Å². The van der Waals surface area contributed by atoms with Gasteiger partial charge in [0.05, 0.1) is 16.6 Å². The van der Waals surface area contributed by atoms with Gasteiger partial charge in [0.1, 0.15) is 0 Å². The van der Waals surface area contributed by atoms with E-state index in [1.54, 1.807) is 16.0 Å². The molecule has 2 heterocycles. The second-order valence-electron chi connectivity index (χ2n) is 6.31. The number of benzene rings is 1. The van der Waals surface area contributed by atoms with E-state index in [9.17, 15) is 4.79 Å². The number of amides is 1. The second-order valence-corrected chi connectivity index (χ2v) is 8.56. The van der Waals surface area contributed by atoms with Gasteiger partial charge in [-0.15, -0.1) is 16.4 Å². The highest BCUT2D eigenvalue weighted by Gasteiger charge is 2.24. The summed E-state index contributed by atoms with van der Waals surface area (Å²) in [5.41, 5.74) is 2.02. The minimum atomic E-state index is -0.292. The van der Waals surface area contributed by atoms with Crippen molar-refractivity contribution in [3.05, 3.63) is 40.9 Å². The largest absolute Gasteiger partial charge is 0.301 e. The molecule has 140 valence electrons. The number of thioether (sulfide) groups is 1. The standard InChI is InChI=1S/C18H20N6OS2/c1-2-14(16(25)20-17-19-13-10-6-7-11-15(13)26-17)27-18-21-22-23-24(18)12-8-4-3-5-9-12/h3-5,8-9,14H,2,6-7,10-11H2,1H3,(H,19,20,25).